The maximum absolute atomic E-state index is 11.7. The van der Waals surface area contributed by atoms with Crippen molar-refractivity contribution in [1.29, 1.82) is 0 Å². The molecular weight excluding hydrogens is 240 g/mol. The smallest absolute Gasteiger partial charge is 0.341 e. The molecule has 0 rings (SSSR count). The molecule has 0 aromatic carbocycles. The van der Waals surface area contributed by atoms with E-state index < -0.39 is 23.1 Å². The molecule has 0 bridgehead atoms. The lowest BCUT2D eigenvalue weighted by atomic mass is 9.76. The molecule has 0 saturated carbocycles. The van der Waals surface area contributed by atoms with Crippen LogP contribution >= 0.6 is 0 Å². The first-order valence-corrected chi connectivity index (χ1v) is 5.95. The predicted octanol–water partition coefficient (Wildman–Crippen LogP) is 0.395. The van der Waals surface area contributed by atoms with Gasteiger partial charge in [-0.15, -0.1) is 0 Å². The number of aliphatic hydroxyl groups is 2. The largest absolute Gasteiger partial charge is 0.467 e. The van der Waals surface area contributed by atoms with Crippen LogP contribution in [0, 0.1) is 0 Å². The van der Waals surface area contributed by atoms with E-state index >= 15 is 0 Å². The molecule has 0 spiro atoms. The average molecular weight is 262 g/mol. The van der Waals surface area contributed by atoms with Gasteiger partial charge in [-0.3, -0.25) is 0 Å². The molecule has 0 radical (unpaired) electrons. The Morgan fingerprint density at radius 3 is 1.33 bits per heavy atom. The predicted molar refractivity (Wildman–Crippen MR) is 63.7 cm³/mol. The van der Waals surface area contributed by atoms with Crippen molar-refractivity contribution in [3.05, 3.63) is 0 Å². The maximum Gasteiger partial charge on any atom is 0.341 e. The van der Waals surface area contributed by atoms with Crippen molar-refractivity contribution in [3.63, 3.8) is 0 Å². The van der Waals surface area contributed by atoms with E-state index in [2.05, 4.69) is 9.47 Å². The van der Waals surface area contributed by atoms with Gasteiger partial charge in [-0.2, -0.15) is 0 Å². The van der Waals surface area contributed by atoms with E-state index in [0.29, 0.717) is 12.8 Å². The molecule has 6 heteroatoms. The Hall–Kier alpha value is -1.14. The van der Waals surface area contributed by atoms with Gasteiger partial charge in [0.2, 0.25) is 11.2 Å². The molecule has 2 N–H and O–H groups in total. The lowest BCUT2D eigenvalue weighted by Crippen LogP contribution is -2.64. The van der Waals surface area contributed by atoms with Gasteiger partial charge in [-0.25, -0.2) is 9.59 Å². The Morgan fingerprint density at radius 1 is 0.889 bits per heavy atom. The fourth-order valence-electron chi connectivity index (χ4n) is 2.02. The molecule has 2 atom stereocenters. The summed E-state index contributed by atoms with van der Waals surface area (Å²) in [6, 6.07) is 0. The van der Waals surface area contributed by atoms with Gasteiger partial charge in [0.1, 0.15) is 0 Å². The van der Waals surface area contributed by atoms with E-state index in [-0.39, 0.29) is 12.8 Å². The molecule has 0 fully saturated rings. The highest BCUT2D eigenvalue weighted by Gasteiger charge is 2.60. The molecule has 0 aromatic rings. The first-order valence-electron chi connectivity index (χ1n) is 5.95. The van der Waals surface area contributed by atoms with Gasteiger partial charge in [-0.1, -0.05) is 26.7 Å². The van der Waals surface area contributed by atoms with Crippen LogP contribution in [-0.2, 0) is 19.1 Å². The monoisotopic (exact) mass is 262 g/mol. The molecule has 18 heavy (non-hydrogen) atoms. The quantitative estimate of drug-likeness (QED) is 0.645. The Labute approximate surface area is 107 Å². The highest BCUT2D eigenvalue weighted by atomic mass is 16.6. The molecule has 0 aliphatic heterocycles. The molecule has 0 heterocycles. The van der Waals surface area contributed by atoms with E-state index in [9.17, 15) is 19.8 Å². The van der Waals surface area contributed by atoms with Crippen LogP contribution in [0.1, 0.15) is 39.5 Å². The van der Waals surface area contributed by atoms with Gasteiger partial charge >= 0.3 is 11.9 Å². The summed E-state index contributed by atoms with van der Waals surface area (Å²) in [5.41, 5.74) is -4.58. The number of methoxy groups -OCH3 is 2. The van der Waals surface area contributed by atoms with Crippen LogP contribution in [0.15, 0.2) is 0 Å². The second-order valence-corrected chi connectivity index (χ2v) is 4.20. The SMILES string of the molecule is CCCC(O)(C(=O)OC)C(O)(CCC)C(=O)OC. The van der Waals surface area contributed by atoms with Crippen LogP contribution in [0.3, 0.4) is 0 Å². The van der Waals surface area contributed by atoms with Crippen molar-refractivity contribution in [1.82, 2.24) is 0 Å². The van der Waals surface area contributed by atoms with Crippen molar-refractivity contribution < 1.29 is 29.3 Å². The van der Waals surface area contributed by atoms with E-state index in [1.54, 1.807) is 13.8 Å². The molecule has 0 aliphatic rings. The van der Waals surface area contributed by atoms with Crippen LogP contribution in [0.25, 0.3) is 0 Å². The van der Waals surface area contributed by atoms with Crippen LogP contribution < -0.4 is 0 Å². The summed E-state index contributed by atoms with van der Waals surface area (Å²) in [6.07, 6.45) is 0.611. The second-order valence-electron chi connectivity index (χ2n) is 4.20. The van der Waals surface area contributed by atoms with E-state index in [0.717, 1.165) is 14.2 Å². The summed E-state index contributed by atoms with van der Waals surface area (Å²) in [5.74, 6) is -2.07. The summed E-state index contributed by atoms with van der Waals surface area (Å²) in [6.45, 7) is 3.44. The van der Waals surface area contributed by atoms with Crippen molar-refractivity contribution in [2.75, 3.05) is 14.2 Å². The summed E-state index contributed by atoms with van der Waals surface area (Å²) in [4.78, 5) is 23.5. The molecule has 106 valence electrons. The second kappa shape index (κ2) is 6.70. The highest BCUT2D eigenvalue weighted by Crippen LogP contribution is 2.34. The number of ether oxygens (including phenoxy) is 2. The summed E-state index contributed by atoms with van der Waals surface area (Å²) in [5, 5.41) is 20.8. The third-order valence-electron chi connectivity index (χ3n) is 2.95. The molecule has 0 aromatic heterocycles. The first-order chi connectivity index (χ1) is 8.33. The number of carbonyl (C=O) groups is 2. The molecule has 2 unspecified atom stereocenters. The van der Waals surface area contributed by atoms with Crippen molar-refractivity contribution in [2.24, 2.45) is 0 Å². The van der Waals surface area contributed by atoms with Crippen LogP contribution in [0.5, 0.6) is 0 Å². The third-order valence-corrected chi connectivity index (χ3v) is 2.95. The minimum atomic E-state index is -2.29. The van der Waals surface area contributed by atoms with Crippen molar-refractivity contribution in [3.8, 4) is 0 Å². The Balaban J connectivity index is 5.62. The zero-order valence-electron chi connectivity index (χ0n) is 11.4. The summed E-state index contributed by atoms with van der Waals surface area (Å²) in [7, 11) is 2.18. The van der Waals surface area contributed by atoms with Crippen molar-refractivity contribution in [2.45, 2.75) is 50.7 Å². The average Bonchev–Trinajstić information content (AvgIpc) is 2.36. The van der Waals surface area contributed by atoms with E-state index in [4.69, 9.17) is 0 Å². The zero-order chi connectivity index (χ0) is 14.4. The number of hydrogen-bond acceptors (Lipinski definition) is 6. The number of hydrogen-bond donors (Lipinski definition) is 2. The van der Waals surface area contributed by atoms with Crippen LogP contribution in [0.2, 0.25) is 0 Å². The fourth-order valence-corrected chi connectivity index (χ4v) is 2.02. The van der Waals surface area contributed by atoms with Crippen molar-refractivity contribution >= 4 is 11.9 Å². The standard InChI is InChI=1S/C12H22O6/c1-5-7-11(15,9(13)17-3)12(16,8-6-2)10(14)18-4/h15-16H,5-8H2,1-4H3. The van der Waals surface area contributed by atoms with Gasteiger partial charge in [0, 0.05) is 0 Å². The minimum absolute atomic E-state index is 0.0920. The summed E-state index contributed by atoms with van der Waals surface area (Å²) >= 11 is 0. The molecule has 0 aliphatic carbocycles. The number of carbonyl (C=O) groups excluding carboxylic acids is 2. The molecule has 0 saturated heterocycles. The molecule has 6 nitrogen and oxygen atoms in total. The zero-order valence-corrected chi connectivity index (χ0v) is 11.4. The van der Waals surface area contributed by atoms with E-state index in [1.165, 1.54) is 0 Å². The van der Waals surface area contributed by atoms with Gasteiger partial charge in [0.25, 0.3) is 0 Å². The Morgan fingerprint density at radius 2 is 1.17 bits per heavy atom. The number of esters is 2. The third kappa shape index (κ3) is 2.81. The van der Waals surface area contributed by atoms with Gasteiger partial charge in [0.05, 0.1) is 14.2 Å². The van der Waals surface area contributed by atoms with Gasteiger partial charge in [-0.05, 0) is 12.8 Å². The minimum Gasteiger partial charge on any atom is -0.467 e. The Kier molecular flexibility index (Phi) is 6.28. The maximum atomic E-state index is 11.7. The van der Waals surface area contributed by atoms with Crippen LogP contribution in [-0.4, -0.2) is 47.6 Å². The Bertz CT molecular complexity index is 273. The lowest BCUT2D eigenvalue weighted by Gasteiger charge is -2.38. The normalized spacial score (nSPS) is 17.4. The lowest BCUT2D eigenvalue weighted by molar-refractivity contribution is -0.213. The topological polar surface area (TPSA) is 93.1 Å². The molecule has 0 amide bonds. The molecular formula is C12H22O6. The van der Waals surface area contributed by atoms with E-state index in [1.807, 2.05) is 0 Å². The van der Waals surface area contributed by atoms with Crippen LogP contribution in [0.4, 0.5) is 0 Å². The highest BCUT2D eigenvalue weighted by molar-refractivity contribution is 5.92. The van der Waals surface area contributed by atoms with Gasteiger partial charge in [0.15, 0.2) is 0 Å². The van der Waals surface area contributed by atoms with Gasteiger partial charge < -0.3 is 19.7 Å². The first kappa shape index (κ1) is 16.9. The fraction of sp³-hybridized carbons (Fsp3) is 0.833. The number of rotatable bonds is 7. The summed E-state index contributed by atoms with van der Waals surface area (Å²) < 4.78 is 9.00.